The number of fused-ring (bicyclic) bond motifs is 1. The molecule has 1 heteroatoms. The predicted molar refractivity (Wildman–Crippen MR) is 83.6 cm³/mol. The molecule has 0 amide bonds. The fourth-order valence-corrected chi connectivity index (χ4v) is 3.21. The lowest BCUT2D eigenvalue weighted by molar-refractivity contribution is 0.121. The molecule has 0 radical (unpaired) electrons. The second-order valence-corrected chi connectivity index (χ2v) is 6.48. The molecule has 1 heterocycles. The van der Waals surface area contributed by atoms with E-state index in [0.717, 1.165) is 5.75 Å². The van der Waals surface area contributed by atoms with Crippen LogP contribution in [-0.2, 0) is 0 Å². The summed E-state index contributed by atoms with van der Waals surface area (Å²) in [5.74, 6) is 1.39. The lowest BCUT2D eigenvalue weighted by Crippen LogP contribution is -2.30. The topological polar surface area (TPSA) is 9.23 Å². The molecule has 2 aromatic rings. The van der Waals surface area contributed by atoms with Crippen LogP contribution in [0.1, 0.15) is 47.6 Å². The lowest BCUT2D eigenvalue weighted by atomic mass is 9.80. The average molecular weight is 266 g/mol. The monoisotopic (exact) mass is 266 g/mol. The average Bonchev–Trinajstić information content (AvgIpc) is 2.67. The highest BCUT2D eigenvalue weighted by Crippen LogP contribution is 2.49. The molecule has 0 spiro atoms. The summed E-state index contributed by atoms with van der Waals surface area (Å²) in [4.78, 5) is 0. The number of benzene rings is 2. The summed E-state index contributed by atoms with van der Waals surface area (Å²) in [6.45, 7) is 10.8. The van der Waals surface area contributed by atoms with E-state index < -0.39 is 0 Å². The molecule has 1 aliphatic rings. The molecule has 2 aromatic carbocycles. The molecule has 0 aromatic heterocycles. The van der Waals surface area contributed by atoms with Crippen molar-refractivity contribution in [3.05, 3.63) is 64.2 Å². The summed E-state index contributed by atoms with van der Waals surface area (Å²) in [6.07, 6.45) is 0. The lowest BCUT2D eigenvalue weighted by Gasteiger charge is -2.27. The zero-order chi connectivity index (χ0) is 14.5. The Morgan fingerprint density at radius 3 is 2.20 bits per heavy atom. The molecule has 1 nitrogen and oxygen atoms in total. The van der Waals surface area contributed by atoms with Crippen LogP contribution in [0, 0.1) is 20.8 Å². The second-order valence-electron chi connectivity index (χ2n) is 6.48. The highest BCUT2D eigenvalue weighted by Gasteiger charge is 2.42. The van der Waals surface area contributed by atoms with Crippen molar-refractivity contribution in [1.82, 2.24) is 0 Å². The third kappa shape index (κ3) is 1.93. The van der Waals surface area contributed by atoms with Gasteiger partial charge in [-0.2, -0.15) is 0 Å². The van der Waals surface area contributed by atoms with Gasteiger partial charge in [-0.1, -0.05) is 42.0 Å². The van der Waals surface area contributed by atoms with Crippen molar-refractivity contribution in [1.29, 1.82) is 0 Å². The molecule has 1 unspecified atom stereocenters. The molecule has 0 bridgehead atoms. The Morgan fingerprint density at radius 2 is 1.55 bits per heavy atom. The van der Waals surface area contributed by atoms with Crippen molar-refractivity contribution in [3.63, 3.8) is 0 Å². The SMILES string of the molecule is Cc1ccc(C2c3ccc(C)c(C)c3OC2(C)C)cc1. The normalized spacial score (nSPS) is 19.6. The van der Waals surface area contributed by atoms with Gasteiger partial charge in [0, 0.05) is 5.56 Å². The highest BCUT2D eigenvalue weighted by atomic mass is 16.5. The largest absolute Gasteiger partial charge is 0.486 e. The first-order valence-electron chi connectivity index (χ1n) is 7.26. The Kier molecular flexibility index (Phi) is 2.89. The van der Waals surface area contributed by atoms with Crippen molar-refractivity contribution in [2.45, 2.75) is 46.1 Å². The Labute approximate surface area is 121 Å². The van der Waals surface area contributed by atoms with Crippen molar-refractivity contribution in [3.8, 4) is 5.75 Å². The van der Waals surface area contributed by atoms with E-state index in [1.165, 1.54) is 27.8 Å². The van der Waals surface area contributed by atoms with Crippen molar-refractivity contribution in [2.24, 2.45) is 0 Å². The molecular weight excluding hydrogens is 244 g/mol. The van der Waals surface area contributed by atoms with Crippen LogP contribution >= 0.6 is 0 Å². The van der Waals surface area contributed by atoms with Gasteiger partial charge in [0.15, 0.2) is 0 Å². The van der Waals surface area contributed by atoms with E-state index in [1.807, 2.05) is 0 Å². The molecule has 0 fully saturated rings. The highest BCUT2D eigenvalue weighted by molar-refractivity contribution is 5.54. The summed E-state index contributed by atoms with van der Waals surface area (Å²) in [5.41, 5.74) is 6.32. The number of hydrogen-bond acceptors (Lipinski definition) is 1. The maximum absolute atomic E-state index is 6.30. The van der Waals surface area contributed by atoms with Crippen LogP contribution in [0.4, 0.5) is 0 Å². The van der Waals surface area contributed by atoms with Gasteiger partial charge in [0.1, 0.15) is 11.4 Å². The minimum Gasteiger partial charge on any atom is -0.486 e. The second kappa shape index (κ2) is 4.37. The van der Waals surface area contributed by atoms with Gasteiger partial charge < -0.3 is 4.74 Å². The van der Waals surface area contributed by atoms with Crippen LogP contribution in [0.25, 0.3) is 0 Å². The van der Waals surface area contributed by atoms with E-state index in [-0.39, 0.29) is 5.60 Å². The van der Waals surface area contributed by atoms with E-state index in [9.17, 15) is 0 Å². The van der Waals surface area contributed by atoms with Crippen LogP contribution in [0.5, 0.6) is 5.75 Å². The molecule has 0 saturated carbocycles. The molecule has 20 heavy (non-hydrogen) atoms. The zero-order valence-electron chi connectivity index (χ0n) is 12.9. The summed E-state index contributed by atoms with van der Waals surface area (Å²) >= 11 is 0. The van der Waals surface area contributed by atoms with E-state index in [1.54, 1.807) is 0 Å². The predicted octanol–water partition coefficient (Wildman–Crippen LogP) is 4.91. The molecule has 0 aliphatic carbocycles. The fourth-order valence-electron chi connectivity index (χ4n) is 3.21. The first-order chi connectivity index (χ1) is 9.40. The van der Waals surface area contributed by atoms with E-state index in [0.29, 0.717) is 5.92 Å². The molecule has 1 atom stereocenters. The van der Waals surface area contributed by atoms with Crippen molar-refractivity contribution >= 4 is 0 Å². The molecule has 0 N–H and O–H groups in total. The maximum Gasteiger partial charge on any atom is 0.127 e. The first kappa shape index (κ1) is 13.2. The number of rotatable bonds is 1. The van der Waals surface area contributed by atoms with E-state index >= 15 is 0 Å². The smallest absolute Gasteiger partial charge is 0.127 e. The summed E-state index contributed by atoms with van der Waals surface area (Å²) in [5, 5.41) is 0. The summed E-state index contributed by atoms with van der Waals surface area (Å²) < 4.78 is 6.30. The number of aryl methyl sites for hydroxylation is 2. The van der Waals surface area contributed by atoms with Crippen LogP contribution in [0.3, 0.4) is 0 Å². The number of ether oxygens (including phenoxy) is 1. The third-order valence-corrected chi connectivity index (χ3v) is 4.49. The number of hydrogen-bond donors (Lipinski definition) is 0. The van der Waals surface area contributed by atoms with E-state index in [4.69, 9.17) is 4.74 Å². The minimum atomic E-state index is -0.198. The van der Waals surface area contributed by atoms with Crippen molar-refractivity contribution in [2.75, 3.05) is 0 Å². The van der Waals surface area contributed by atoms with Gasteiger partial charge in [0.2, 0.25) is 0 Å². The van der Waals surface area contributed by atoms with E-state index in [2.05, 4.69) is 71.0 Å². The quantitative estimate of drug-likeness (QED) is 0.712. The molecule has 3 rings (SSSR count). The van der Waals surface area contributed by atoms with Crippen LogP contribution < -0.4 is 4.74 Å². The van der Waals surface area contributed by atoms with Gasteiger partial charge in [-0.15, -0.1) is 0 Å². The van der Waals surface area contributed by atoms with Crippen LogP contribution in [0.15, 0.2) is 36.4 Å². The Morgan fingerprint density at radius 1 is 0.900 bits per heavy atom. The molecule has 0 saturated heterocycles. The fraction of sp³-hybridized carbons (Fsp3) is 0.368. The van der Waals surface area contributed by atoms with Gasteiger partial charge >= 0.3 is 0 Å². The Bertz CT molecular complexity index is 650. The standard InChI is InChI=1S/C19H22O/c1-12-6-9-15(10-7-12)17-16-11-8-13(2)14(3)18(16)20-19(17,4)5/h6-11,17H,1-5H3. The van der Waals surface area contributed by atoms with Crippen LogP contribution in [-0.4, -0.2) is 5.60 Å². The molecule has 104 valence electrons. The minimum absolute atomic E-state index is 0.198. The summed E-state index contributed by atoms with van der Waals surface area (Å²) in [7, 11) is 0. The first-order valence-corrected chi connectivity index (χ1v) is 7.26. The maximum atomic E-state index is 6.30. The Hall–Kier alpha value is -1.76. The summed E-state index contributed by atoms with van der Waals surface area (Å²) in [6, 6.07) is 13.3. The van der Waals surface area contributed by atoms with Gasteiger partial charge in [-0.05, 0) is 51.3 Å². The Balaban J connectivity index is 2.17. The van der Waals surface area contributed by atoms with Gasteiger partial charge in [0.05, 0.1) is 5.92 Å². The van der Waals surface area contributed by atoms with Crippen molar-refractivity contribution < 1.29 is 4.74 Å². The van der Waals surface area contributed by atoms with Gasteiger partial charge in [-0.25, -0.2) is 0 Å². The van der Waals surface area contributed by atoms with Gasteiger partial charge in [-0.3, -0.25) is 0 Å². The molecule has 1 aliphatic heterocycles. The third-order valence-electron chi connectivity index (χ3n) is 4.49. The van der Waals surface area contributed by atoms with Gasteiger partial charge in [0.25, 0.3) is 0 Å². The molecular formula is C19H22O. The van der Waals surface area contributed by atoms with Crippen LogP contribution in [0.2, 0.25) is 0 Å². The zero-order valence-corrected chi connectivity index (χ0v) is 12.9.